The Morgan fingerprint density at radius 1 is 1.05 bits per heavy atom. The molecule has 0 amide bonds. The minimum atomic E-state index is 0.380. The van der Waals surface area contributed by atoms with Gasteiger partial charge in [0.1, 0.15) is 0 Å². The zero-order valence-electron chi connectivity index (χ0n) is 12.7. The van der Waals surface area contributed by atoms with Crippen LogP contribution < -0.4 is 10.6 Å². The van der Waals surface area contributed by atoms with Gasteiger partial charge in [0.2, 0.25) is 0 Å². The molecule has 1 heterocycles. The Morgan fingerprint density at radius 3 is 2.26 bits per heavy atom. The first kappa shape index (κ1) is 14.6. The van der Waals surface area contributed by atoms with Gasteiger partial charge in [-0.15, -0.1) is 0 Å². The molecule has 2 fully saturated rings. The van der Waals surface area contributed by atoms with Crippen LogP contribution in [0.2, 0.25) is 0 Å². The standard InChI is InChI=1S/C15H30N4/c1-16-14(17-2)18-13-15(9-5-3-6-10-15)19-11-7-4-8-12-19/h3-13H2,1-2H3,(H2,16,17,18). The molecule has 1 saturated heterocycles. The van der Waals surface area contributed by atoms with Gasteiger partial charge in [0, 0.05) is 26.2 Å². The number of hydrogen-bond acceptors (Lipinski definition) is 2. The second kappa shape index (κ2) is 7.13. The normalized spacial score (nSPS) is 25.1. The molecule has 4 nitrogen and oxygen atoms in total. The van der Waals surface area contributed by atoms with Crippen LogP contribution in [0, 0.1) is 0 Å². The van der Waals surface area contributed by atoms with Crippen molar-refractivity contribution >= 4 is 5.96 Å². The maximum absolute atomic E-state index is 4.24. The summed E-state index contributed by atoms with van der Waals surface area (Å²) in [6.07, 6.45) is 11.0. The van der Waals surface area contributed by atoms with Crippen LogP contribution in [-0.2, 0) is 0 Å². The first-order valence-corrected chi connectivity index (χ1v) is 7.94. The summed E-state index contributed by atoms with van der Waals surface area (Å²) in [5.74, 6) is 0.918. The summed E-state index contributed by atoms with van der Waals surface area (Å²) in [5.41, 5.74) is 0.380. The first-order chi connectivity index (χ1) is 9.30. The van der Waals surface area contributed by atoms with Crippen molar-refractivity contribution in [2.75, 3.05) is 33.7 Å². The van der Waals surface area contributed by atoms with Gasteiger partial charge >= 0.3 is 0 Å². The van der Waals surface area contributed by atoms with Crippen molar-refractivity contribution in [3.8, 4) is 0 Å². The van der Waals surface area contributed by atoms with Crippen LogP contribution in [0.15, 0.2) is 4.99 Å². The summed E-state index contributed by atoms with van der Waals surface area (Å²) < 4.78 is 0. The number of nitrogens with zero attached hydrogens (tertiary/aromatic N) is 2. The molecule has 0 aromatic heterocycles. The van der Waals surface area contributed by atoms with E-state index in [9.17, 15) is 0 Å². The molecule has 19 heavy (non-hydrogen) atoms. The lowest BCUT2D eigenvalue weighted by Crippen LogP contribution is -2.59. The largest absolute Gasteiger partial charge is 0.359 e. The van der Waals surface area contributed by atoms with Crippen LogP contribution in [0.3, 0.4) is 0 Å². The molecule has 0 atom stereocenters. The van der Waals surface area contributed by atoms with Gasteiger partial charge in [0.25, 0.3) is 0 Å². The third kappa shape index (κ3) is 3.62. The quantitative estimate of drug-likeness (QED) is 0.606. The minimum Gasteiger partial charge on any atom is -0.359 e. The van der Waals surface area contributed by atoms with Crippen molar-refractivity contribution in [1.29, 1.82) is 0 Å². The van der Waals surface area contributed by atoms with Crippen LogP contribution in [0.1, 0.15) is 51.4 Å². The van der Waals surface area contributed by atoms with Crippen molar-refractivity contribution in [3.05, 3.63) is 0 Å². The molecule has 1 aliphatic carbocycles. The Hall–Kier alpha value is -0.770. The molecule has 0 aromatic carbocycles. The second-order valence-electron chi connectivity index (χ2n) is 6.01. The first-order valence-electron chi connectivity index (χ1n) is 7.94. The van der Waals surface area contributed by atoms with Crippen molar-refractivity contribution in [1.82, 2.24) is 15.5 Å². The molecule has 1 aliphatic heterocycles. The molecule has 2 aliphatic rings. The number of aliphatic imine (C=N–C) groups is 1. The predicted molar refractivity (Wildman–Crippen MR) is 81.7 cm³/mol. The Bertz CT molecular complexity index is 289. The van der Waals surface area contributed by atoms with Crippen LogP contribution in [0.5, 0.6) is 0 Å². The van der Waals surface area contributed by atoms with E-state index in [0.717, 1.165) is 12.5 Å². The molecule has 0 unspecified atom stereocenters. The van der Waals surface area contributed by atoms with Gasteiger partial charge in [-0.25, -0.2) is 0 Å². The van der Waals surface area contributed by atoms with Gasteiger partial charge in [0.15, 0.2) is 5.96 Å². The van der Waals surface area contributed by atoms with Crippen molar-refractivity contribution in [2.24, 2.45) is 4.99 Å². The van der Waals surface area contributed by atoms with Gasteiger partial charge in [-0.3, -0.25) is 9.89 Å². The molecular formula is C15H30N4. The third-order valence-corrected chi connectivity index (χ3v) is 4.86. The molecule has 0 spiro atoms. The Morgan fingerprint density at radius 2 is 1.68 bits per heavy atom. The summed E-state index contributed by atoms with van der Waals surface area (Å²) in [5, 5.41) is 6.66. The van der Waals surface area contributed by atoms with E-state index < -0.39 is 0 Å². The Kier molecular flexibility index (Phi) is 5.49. The molecule has 2 N–H and O–H groups in total. The molecule has 0 radical (unpaired) electrons. The Labute approximate surface area is 118 Å². The zero-order valence-corrected chi connectivity index (χ0v) is 12.7. The smallest absolute Gasteiger partial charge is 0.190 e. The van der Waals surface area contributed by atoms with E-state index in [-0.39, 0.29) is 0 Å². The van der Waals surface area contributed by atoms with E-state index in [0.29, 0.717) is 5.54 Å². The maximum Gasteiger partial charge on any atom is 0.190 e. The second-order valence-corrected chi connectivity index (χ2v) is 6.01. The number of piperidine rings is 1. The lowest BCUT2D eigenvalue weighted by Gasteiger charge is -2.48. The SMILES string of the molecule is CN=C(NC)NCC1(N2CCCCC2)CCCCC1. The minimum absolute atomic E-state index is 0.380. The summed E-state index contributed by atoms with van der Waals surface area (Å²) in [7, 11) is 3.77. The fourth-order valence-corrected chi connectivity index (χ4v) is 3.71. The highest BCUT2D eigenvalue weighted by Crippen LogP contribution is 2.35. The molecule has 1 saturated carbocycles. The summed E-state index contributed by atoms with van der Waals surface area (Å²) in [4.78, 5) is 7.01. The molecule has 2 rings (SSSR count). The molecule has 0 aromatic rings. The number of nitrogens with one attached hydrogen (secondary N) is 2. The van der Waals surface area contributed by atoms with Gasteiger partial charge in [-0.1, -0.05) is 25.7 Å². The lowest BCUT2D eigenvalue weighted by atomic mass is 9.79. The van der Waals surface area contributed by atoms with Gasteiger partial charge < -0.3 is 10.6 Å². The molecule has 0 bridgehead atoms. The van der Waals surface area contributed by atoms with E-state index in [2.05, 4.69) is 20.5 Å². The summed E-state index contributed by atoms with van der Waals surface area (Å²) in [6, 6.07) is 0. The lowest BCUT2D eigenvalue weighted by molar-refractivity contribution is 0.0368. The van der Waals surface area contributed by atoms with Crippen LogP contribution in [-0.4, -0.2) is 50.1 Å². The highest BCUT2D eigenvalue weighted by Gasteiger charge is 2.38. The van der Waals surface area contributed by atoms with Gasteiger partial charge in [-0.05, 0) is 38.8 Å². The van der Waals surface area contributed by atoms with E-state index in [1.165, 1.54) is 64.5 Å². The topological polar surface area (TPSA) is 39.7 Å². The molecule has 4 heteroatoms. The summed E-state index contributed by atoms with van der Waals surface area (Å²) >= 11 is 0. The number of likely N-dealkylation sites (tertiary alicyclic amines) is 1. The van der Waals surface area contributed by atoms with Crippen molar-refractivity contribution < 1.29 is 0 Å². The highest BCUT2D eigenvalue weighted by atomic mass is 15.2. The predicted octanol–water partition coefficient (Wildman–Crippen LogP) is 1.97. The van der Waals surface area contributed by atoms with E-state index in [1.54, 1.807) is 0 Å². The van der Waals surface area contributed by atoms with Crippen LogP contribution in [0.25, 0.3) is 0 Å². The van der Waals surface area contributed by atoms with E-state index >= 15 is 0 Å². The highest BCUT2D eigenvalue weighted by molar-refractivity contribution is 5.79. The molecular weight excluding hydrogens is 236 g/mol. The van der Waals surface area contributed by atoms with Gasteiger partial charge in [0.05, 0.1) is 0 Å². The average Bonchev–Trinajstić information content (AvgIpc) is 2.50. The summed E-state index contributed by atoms with van der Waals surface area (Å²) in [6.45, 7) is 3.63. The van der Waals surface area contributed by atoms with Crippen LogP contribution in [0.4, 0.5) is 0 Å². The van der Waals surface area contributed by atoms with Crippen molar-refractivity contribution in [3.63, 3.8) is 0 Å². The van der Waals surface area contributed by atoms with Gasteiger partial charge in [-0.2, -0.15) is 0 Å². The van der Waals surface area contributed by atoms with Crippen LogP contribution >= 0.6 is 0 Å². The van der Waals surface area contributed by atoms with E-state index in [1.807, 2.05) is 14.1 Å². The number of guanidine groups is 1. The molecule has 110 valence electrons. The number of rotatable bonds is 3. The monoisotopic (exact) mass is 266 g/mol. The maximum atomic E-state index is 4.24. The Balaban J connectivity index is 2.01. The van der Waals surface area contributed by atoms with E-state index in [4.69, 9.17) is 0 Å². The van der Waals surface area contributed by atoms with Crippen molar-refractivity contribution in [2.45, 2.75) is 56.9 Å². The average molecular weight is 266 g/mol. The number of hydrogen-bond donors (Lipinski definition) is 2. The fraction of sp³-hybridized carbons (Fsp3) is 0.933. The zero-order chi connectivity index (χ0) is 13.6. The fourth-order valence-electron chi connectivity index (χ4n) is 3.71. The third-order valence-electron chi connectivity index (χ3n) is 4.86.